The third-order valence-corrected chi connectivity index (χ3v) is 3.93. The zero-order chi connectivity index (χ0) is 15.5. The Kier molecular flexibility index (Phi) is 4.43. The van der Waals surface area contributed by atoms with Crippen LogP contribution < -0.4 is 10.7 Å². The van der Waals surface area contributed by atoms with Gasteiger partial charge in [0.15, 0.2) is 0 Å². The molecule has 0 aliphatic rings. The maximum absolute atomic E-state index is 12.3. The van der Waals surface area contributed by atoms with Crippen LogP contribution in [-0.2, 0) is 0 Å². The molecule has 0 unspecified atom stereocenters. The van der Waals surface area contributed by atoms with E-state index < -0.39 is 11.5 Å². The molecule has 112 valence electrons. The summed E-state index contributed by atoms with van der Waals surface area (Å²) in [6, 6.07) is 7.04. The molecule has 0 saturated carbocycles. The van der Waals surface area contributed by atoms with Crippen LogP contribution in [0.15, 0.2) is 35.3 Å². The highest BCUT2D eigenvalue weighted by Gasteiger charge is 2.23. The van der Waals surface area contributed by atoms with Gasteiger partial charge >= 0.3 is 0 Å². The van der Waals surface area contributed by atoms with E-state index >= 15 is 0 Å². The topological polar surface area (TPSA) is 82.2 Å². The molecule has 1 aromatic carbocycles. The molecule has 2 aromatic rings. The first-order chi connectivity index (χ1) is 10.0. The van der Waals surface area contributed by atoms with Gasteiger partial charge in [-0.05, 0) is 25.0 Å². The molecule has 1 amide bonds. The lowest BCUT2D eigenvalue weighted by molar-refractivity contribution is 0.0314. The van der Waals surface area contributed by atoms with Gasteiger partial charge in [0.2, 0.25) is 5.43 Å². The molecule has 3 N–H and O–H groups in total. The molecule has 0 atom stereocenters. The van der Waals surface area contributed by atoms with E-state index in [0.29, 0.717) is 23.7 Å². The Morgan fingerprint density at radius 3 is 2.62 bits per heavy atom. The fourth-order valence-electron chi connectivity index (χ4n) is 2.18. The highest BCUT2D eigenvalue weighted by atomic mass is 16.3. The number of H-pyrrole nitrogens is 1. The molecule has 0 aliphatic carbocycles. The molecule has 0 radical (unpaired) electrons. The van der Waals surface area contributed by atoms with Gasteiger partial charge in [0.25, 0.3) is 5.91 Å². The van der Waals surface area contributed by atoms with E-state index in [4.69, 9.17) is 0 Å². The summed E-state index contributed by atoms with van der Waals surface area (Å²) in [4.78, 5) is 27.4. The molecule has 5 heteroatoms. The van der Waals surface area contributed by atoms with E-state index in [2.05, 4.69) is 10.3 Å². The van der Waals surface area contributed by atoms with Crippen molar-refractivity contribution < 1.29 is 9.90 Å². The number of benzene rings is 1. The van der Waals surface area contributed by atoms with Crippen LogP contribution in [0.5, 0.6) is 0 Å². The molecule has 0 fully saturated rings. The third-order valence-electron chi connectivity index (χ3n) is 3.93. The Morgan fingerprint density at radius 2 is 1.95 bits per heavy atom. The second-order valence-corrected chi connectivity index (χ2v) is 5.19. The maximum atomic E-state index is 12.3. The standard InChI is InChI=1S/C16H20N2O3/c1-3-16(21,4-2)10-18-15(20)12-9-17-13-8-6-5-7-11(13)14(12)19/h5-9,21H,3-4,10H2,1-2H3,(H,17,19)(H,18,20). The van der Waals surface area contributed by atoms with Gasteiger partial charge in [0.05, 0.1) is 5.60 Å². The summed E-state index contributed by atoms with van der Waals surface area (Å²) < 4.78 is 0. The second-order valence-electron chi connectivity index (χ2n) is 5.19. The average molecular weight is 288 g/mol. The first-order valence-corrected chi connectivity index (χ1v) is 7.11. The lowest BCUT2D eigenvalue weighted by Gasteiger charge is -2.25. The van der Waals surface area contributed by atoms with Crippen molar-refractivity contribution in [3.05, 3.63) is 46.2 Å². The fourth-order valence-corrected chi connectivity index (χ4v) is 2.18. The molecule has 1 aromatic heterocycles. The number of hydrogen-bond acceptors (Lipinski definition) is 3. The summed E-state index contributed by atoms with van der Waals surface area (Å²) in [7, 11) is 0. The van der Waals surface area contributed by atoms with Crippen molar-refractivity contribution in [3.8, 4) is 0 Å². The van der Waals surface area contributed by atoms with E-state index in [1.54, 1.807) is 18.2 Å². The zero-order valence-electron chi connectivity index (χ0n) is 12.3. The van der Waals surface area contributed by atoms with E-state index in [1.807, 2.05) is 19.9 Å². The normalized spacial score (nSPS) is 11.6. The van der Waals surface area contributed by atoms with E-state index in [0.717, 1.165) is 0 Å². The lowest BCUT2D eigenvalue weighted by atomic mass is 9.97. The summed E-state index contributed by atoms with van der Waals surface area (Å²) in [6.07, 6.45) is 2.49. The smallest absolute Gasteiger partial charge is 0.256 e. The number of pyridine rings is 1. The minimum absolute atomic E-state index is 0.0586. The van der Waals surface area contributed by atoms with Crippen LogP contribution in [-0.4, -0.2) is 28.1 Å². The van der Waals surface area contributed by atoms with Gasteiger partial charge in [0, 0.05) is 23.6 Å². The molecule has 0 aliphatic heterocycles. The number of carbonyl (C=O) groups excluding carboxylic acids is 1. The van der Waals surface area contributed by atoms with Crippen LogP contribution in [0.3, 0.4) is 0 Å². The summed E-state index contributed by atoms with van der Waals surface area (Å²) in [5.74, 6) is -0.470. The number of amides is 1. The zero-order valence-corrected chi connectivity index (χ0v) is 12.3. The van der Waals surface area contributed by atoms with Crippen LogP contribution in [0, 0.1) is 0 Å². The number of rotatable bonds is 5. The Labute approximate surface area is 123 Å². The number of para-hydroxylation sites is 1. The lowest BCUT2D eigenvalue weighted by Crippen LogP contribution is -2.43. The molecule has 2 rings (SSSR count). The molecule has 0 bridgehead atoms. The highest BCUT2D eigenvalue weighted by Crippen LogP contribution is 2.13. The molecule has 0 spiro atoms. The number of aromatic amines is 1. The number of aliphatic hydroxyl groups is 1. The van der Waals surface area contributed by atoms with Gasteiger partial charge < -0.3 is 15.4 Å². The van der Waals surface area contributed by atoms with Crippen molar-refractivity contribution in [2.45, 2.75) is 32.3 Å². The van der Waals surface area contributed by atoms with Crippen molar-refractivity contribution in [2.75, 3.05) is 6.54 Å². The Hall–Kier alpha value is -2.14. The van der Waals surface area contributed by atoms with Gasteiger partial charge in [-0.3, -0.25) is 9.59 Å². The number of fused-ring (bicyclic) bond motifs is 1. The SMILES string of the molecule is CCC(O)(CC)CNC(=O)c1c[nH]c2ccccc2c1=O. The minimum atomic E-state index is -0.931. The second kappa shape index (κ2) is 6.10. The Balaban J connectivity index is 2.24. The first kappa shape index (κ1) is 15.3. The fraction of sp³-hybridized carbons (Fsp3) is 0.375. The summed E-state index contributed by atoms with van der Waals surface area (Å²) in [5, 5.41) is 13.3. The highest BCUT2D eigenvalue weighted by molar-refractivity contribution is 5.97. The summed E-state index contributed by atoms with van der Waals surface area (Å²) in [5.41, 5.74) is -0.487. The monoisotopic (exact) mass is 288 g/mol. The largest absolute Gasteiger partial charge is 0.388 e. The molecule has 0 saturated heterocycles. The number of carbonyl (C=O) groups is 1. The van der Waals surface area contributed by atoms with Gasteiger partial charge in [-0.1, -0.05) is 26.0 Å². The van der Waals surface area contributed by atoms with Crippen LogP contribution in [0.1, 0.15) is 37.0 Å². The van der Waals surface area contributed by atoms with E-state index in [1.165, 1.54) is 6.20 Å². The van der Waals surface area contributed by atoms with E-state index in [9.17, 15) is 14.7 Å². The number of hydrogen-bond donors (Lipinski definition) is 3. The van der Waals surface area contributed by atoms with Crippen molar-refractivity contribution >= 4 is 16.8 Å². The van der Waals surface area contributed by atoms with Crippen molar-refractivity contribution in [1.29, 1.82) is 0 Å². The van der Waals surface area contributed by atoms with Gasteiger partial charge in [0.1, 0.15) is 5.56 Å². The minimum Gasteiger partial charge on any atom is -0.388 e. The molecular weight excluding hydrogens is 268 g/mol. The third kappa shape index (κ3) is 3.13. The van der Waals surface area contributed by atoms with Crippen molar-refractivity contribution in [1.82, 2.24) is 10.3 Å². The van der Waals surface area contributed by atoms with Crippen LogP contribution >= 0.6 is 0 Å². The van der Waals surface area contributed by atoms with Crippen LogP contribution in [0.4, 0.5) is 0 Å². The van der Waals surface area contributed by atoms with E-state index in [-0.39, 0.29) is 17.5 Å². The predicted molar refractivity (Wildman–Crippen MR) is 82.4 cm³/mol. The van der Waals surface area contributed by atoms with Gasteiger partial charge in [-0.2, -0.15) is 0 Å². The molecule has 21 heavy (non-hydrogen) atoms. The van der Waals surface area contributed by atoms with Crippen molar-refractivity contribution in [2.24, 2.45) is 0 Å². The van der Waals surface area contributed by atoms with Crippen LogP contribution in [0.25, 0.3) is 10.9 Å². The number of nitrogens with one attached hydrogen (secondary N) is 2. The summed E-state index contributed by atoms with van der Waals surface area (Å²) in [6.45, 7) is 3.85. The Morgan fingerprint density at radius 1 is 1.29 bits per heavy atom. The Bertz CT molecular complexity index is 702. The maximum Gasteiger partial charge on any atom is 0.256 e. The molecule has 1 heterocycles. The quantitative estimate of drug-likeness (QED) is 0.784. The van der Waals surface area contributed by atoms with Gasteiger partial charge in [-0.25, -0.2) is 0 Å². The first-order valence-electron chi connectivity index (χ1n) is 7.11. The van der Waals surface area contributed by atoms with Crippen molar-refractivity contribution in [3.63, 3.8) is 0 Å². The average Bonchev–Trinajstić information content (AvgIpc) is 2.53. The van der Waals surface area contributed by atoms with Gasteiger partial charge in [-0.15, -0.1) is 0 Å². The summed E-state index contributed by atoms with van der Waals surface area (Å²) >= 11 is 0. The predicted octanol–water partition coefficient (Wildman–Crippen LogP) is 1.81. The molecular formula is C16H20N2O3. The molecule has 5 nitrogen and oxygen atoms in total. The number of aromatic nitrogens is 1. The van der Waals surface area contributed by atoms with Crippen LogP contribution in [0.2, 0.25) is 0 Å².